The Kier molecular flexibility index (Phi) is 4.16. The van der Waals surface area contributed by atoms with Crippen LogP contribution in [0.5, 0.6) is 5.75 Å². The van der Waals surface area contributed by atoms with Crippen LogP contribution in [0.15, 0.2) is 36.9 Å². The fourth-order valence-electron chi connectivity index (χ4n) is 2.15. The van der Waals surface area contributed by atoms with E-state index >= 15 is 0 Å². The Balaban J connectivity index is 2.00. The van der Waals surface area contributed by atoms with Crippen molar-refractivity contribution in [2.45, 2.75) is 32.5 Å². The SMILES string of the molecule is CC(Cn1ccnc1)NC(C)c1cc(F)ccc1O. The maximum Gasteiger partial charge on any atom is 0.123 e. The molecule has 0 radical (unpaired) electrons. The standard InChI is InChI=1S/C14H18FN3O/c1-10(8-18-6-5-16-9-18)17-11(2)13-7-12(15)3-4-14(13)19/h3-7,9-11,17,19H,8H2,1-2H3. The van der Waals surface area contributed by atoms with Gasteiger partial charge in [0.05, 0.1) is 6.33 Å². The summed E-state index contributed by atoms with van der Waals surface area (Å²) in [4.78, 5) is 3.98. The number of rotatable bonds is 5. The number of aromatic hydroxyl groups is 1. The first-order valence-corrected chi connectivity index (χ1v) is 6.26. The largest absolute Gasteiger partial charge is 0.508 e. The summed E-state index contributed by atoms with van der Waals surface area (Å²) in [6.07, 6.45) is 5.37. The lowest BCUT2D eigenvalue weighted by atomic mass is 10.1. The third-order valence-corrected chi connectivity index (χ3v) is 3.03. The first kappa shape index (κ1) is 13.5. The Labute approximate surface area is 111 Å². The van der Waals surface area contributed by atoms with Crippen LogP contribution in [0.3, 0.4) is 0 Å². The highest BCUT2D eigenvalue weighted by atomic mass is 19.1. The van der Waals surface area contributed by atoms with Crippen LogP contribution >= 0.6 is 0 Å². The molecule has 2 aromatic rings. The van der Waals surface area contributed by atoms with Crippen molar-refractivity contribution >= 4 is 0 Å². The van der Waals surface area contributed by atoms with Gasteiger partial charge in [0.1, 0.15) is 11.6 Å². The minimum absolute atomic E-state index is 0.108. The zero-order valence-electron chi connectivity index (χ0n) is 11.0. The molecular weight excluding hydrogens is 245 g/mol. The smallest absolute Gasteiger partial charge is 0.123 e. The highest BCUT2D eigenvalue weighted by Gasteiger charge is 2.14. The van der Waals surface area contributed by atoms with Crippen molar-refractivity contribution in [1.82, 2.24) is 14.9 Å². The van der Waals surface area contributed by atoms with Gasteiger partial charge in [-0.2, -0.15) is 0 Å². The van der Waals surface area contributed by atoms with E-state index < -0.39 is 0 Å². The first-order valence-electron chi connectivity index (χ1n) is 6.26. The number of aromatic nitrogens is 2. The molecule has 5 heteroatoms. The fourth-order valence-corrected chi connectivity index (χ4v) is 2.15. The van der Waals surface area contributed by atoms with Crippen LogP contribution < -0.4 is 5.32 Å². The van der Waals surface area contributed by atoms with E-state index in [4.69, 9.17) is 0 Å². The molecule has 1 aromatic carbocycles. The van der Waals surface area contributed by atoms with Gasteiger partial charge in [-0.1, -0.05) is 0 Å². The second-order valence-electron chi connectivity index (χ2n) is 4.75. The molecule has 0 spiro atoms. The Bertz CT molecular complexity index is 527. The van der Waals surface area contributed by atoms with Gasteiger partial charge >= 0.3 is 0 Å². The van der Waals surface area contributed by atoms with E-state index in [1.54, 1.807) is 12.5 Å². The summed E-state index contributed by atoms with van der Waals surface area (Å²) in [5, 5.41) is 13.1. The average Bonchev–Trinajstić information content (AvgIpc) is 2.84. The summed E-state index contributed by atoms with van der Waals surface area (Å²) >= 11 is 0. The van der Waals surface area contributed by atoms with Crippen LogP contribution in [0, 0.1) is 5.82 Å². The zero-order valence-corrected chi connectivity index (χ0v) is 11.0. The van der Waals surface area contributed by atoms with Crippen molar-refractivity contribution < 1.29 is 9.50 Å². The van der Waals surface area contributed by atoms with Crippen LogP contribution in [0.2, 0.25) is 0 Å². The molecule has 0 saturated carbocycles. The molecule has 0 fully saturated rings. The summed E-state index contributed by atoms with van der Waals surface area (Å²) in [6, 6.07) is 4.03. The molecule has 1 heterocycles. The second-order valence-corrected chi connectivity index (χ2v) is 4.75. The molecule has 19 heavy (non-hydrogen) atoms. The van der Waals surface area contributed by atoms with E-state index in [0.29, 0.717) is 5.56 Å². The van der Waals surface area contributed by atoms with Gasteiger partial charge in [0, 0.05) is 36.6 Å². The number of nitrogens with one attached hydrogen (secondary N) is 1. The van der Waals surface area contributed by atoms with Gasteiger partial charge in [0.15, 0.2) is 0 Å². The molecule has 0 bridgehead atoms. The highest BCUT2D eigenvalue weighted by Crippen LogP contribution is 2.25. The third-order valence-electron chi connectivity index (χ3n) is 3.03. The van der Waals surface area contributed by atoms with Crippen molar-refractivity contribution in [3.05, 3.63) is 48.3 Å². The molecule has 0 amide bonds. The quantitative estimate of drug-likeness (QED) is 0.871. The van der Waals surface area contributed by atoms with E-state index in [0.717, 1.165) is 6.54 Å². The number of hydrogen-bond donors (Lipinski definition) is 2. The summed E-state index contributed by atoms with van der Waals surface area (Å²) in [7, 11) is 0. The van der Waals surface area contributed by atoms with Crippen LogP contribution in [-0.2, 0) is 6.54 Å². The van der Waals surface area contributed by atoms with Crippen LogP contribution in [0.25, 0.3) is 0 Å². The molecule has 4 nitrogen and oxygen atoms in total. The van der Waals surface area contributed by atoms with Gasteiger partial charge in [-0.3, -0.25) is 0 Å². The topological polar surface area (TPSA) is 50.1 Å². The first-order chi connectivity index (χ1) is 9.06. The molecule has 0 aliphatic carbocycles. The molecule has 2 rings (SSSR count). The monoisotopic (exact) mass is 263 g/mol. The van der Waals surface area contributed by atoms with Gasteiger partial charge in [0.25, 0.3) is 0 Å². The normalized spacial score (nSPS) is 14.3. The predicted molar refractivity (Wildman–Crippen MR) is 71.3 cm³/mol. The number of halogens is 1. The van der Waals surface area contributed by atoms with Crippen LogP contribution in [0.1, 0.15) is 25.5 Å². The Hall–Kier alpha value is -1.88. The fraction of sp³-hybridized carbons (Fsp3) is 0.357. The van der Waals surface area contributed by atoms with E-state index in [9.17, 15) is 9.50 Å². The van der Waals surface area contributed by atoms with Gasteiger partial charge < -0.3 is 15.0 Å². The number of benzene rings is 1. The molecule has 0 saturated heterocycles. The van der Waals surface area contributed by atoms with Crippen LogP contribution in [-0.4, -0.2) is 20.7 Å². The number of hydrogen-bond acceptors (Lipinski definition) is 3. The summed E-state index contributed by atoms with van der Waals surface area (Å²) < 4.78 is 15.2. The lowest BCUT2D eigenvalue weighted by Gasteiger charge is -2.21. The molecule has 102 valence electrons. The minimum atomic E-state index is -0.344. The molecule has 1 aromatic heterocycles. The summed E-state index contributed by atoms with van der Waals surface area (Å²) in [6.45, 7) is 4.70. The van der Waals surface area contributed by atoms with E-state index in [2.05, 4.69) is 10.3 Å². The van der Waals surface area contributed by atoms with Crippen molar-refractivity contribution in [3.63, 3.8) is 0 Å². The van der Waals surface area contributed by atoms with Crippen molar-refractivity contribution in [1.29, 1.82) is 0 Å². The number of phenolic OH excluding ortho intramolecular Hbond substituents is 1. The van der Waals surface area contributed by atoms with Crippen LogP contribution in [0.4, 0.5) is 4.39 Å². The van der Waals surface area contributed by atoms with Gasteiger partial charge in [0.2, 0.25) is 0 Å². The number of nitrogens with zero attached hydrogens (tertiary/aromatic N) is 2. The van der Waals surface area contributed by atoms with Crippen molar-refractivity contribution in [3.8, 4) is 5.75 Å². The lowest BCUT2D eigenvalue weighted by Crippen LogP contribution is -2.32. The summed E-state index contributed by atoms with van der Waals surface area (Å²) in [5.41, 5.74) is 0.567. The predicted octanol–water partition coefficient (Wildman–Crippen LogP) is 2.47. The van der Waals surface area contributed by atoms with Gasteiger partial charge in [-0.25, -0.2) is 9.37 Å². The van der Waals surface area contributed by atoms with E-state index in [-0.39, 0.29) is 23.7 Å². The van der Waals surface area contributed by atoms with E-state index in [1.165, 1.54) is 18.2 Å². The van der Waals surface area contributed by atoms with Crippen molar-refractivity contribution in [2.75, 3.05) is 0 Å². The lowest BCUT2D eigenvalue weighted by molar-refractivity contribution is 0.408. The molecule has 2 atom stereocenters. The zero-order chi connectivity index (χ0) is 13.8. The highest BCUT2D eigenvalue weighted by molar-refractivity contribution is 5.34. The molecule has 2 unspecified atom stereocenters. The number of phenols is 1. The van der Waals surface area contributed by atoms with Crippen molar-refractivity contribution in [2.24, 2.45) is 0 Å². The Morgan fingerprint density at radius 2 is 2.21 bits per heavy atom. The molecule has 0 aliphatic heterocycles. The summed E-state index contributed by atoms with van der Waals surface area (Å²) in [5.74, 6) is -0.236. The van der Waals surface area contributed by atoms with Gasteiger partial charge in [-0.15, -0.1) is 0 Å². The molecule has 0 aliphatic rings. The maximum atomic E-state index is 13.2. The Morgan fingerprint density at radius 1 is 1.42 bits per heavy atom. The Morgan fingerprint density at radius 3 is 2.89 bits per heavy atom. The maximum absolute atomic E-state index is 13.2. The van der Waals surface area contributed by atoms with Gasteiger partial charge in [-0.05, 0) is 32.0 Å². The average molecular weight is 263 g/mol. The minimum Gasteiger partial charge on any atom is -0.508 e. The molecular formula is C14H18FN3O. The third kappa shape index (κ3) is 3.54. The van der Waals surface area contributed by atoms with E-state index in [1.807, 2.05) is 24.6 Å². The number of imidazole rings is 1. The molecule has 2 N–H and O–H groups in total. The second kappa shape index (κ2) is 5.84.